The van der Waals surface area contributed by atoms with E-state index in [1.54, 1.807) is 0 Å². The van der Waals surface area contributed by atoms with E-state index in [1.807, 2.05) is 60.4 Å². The summed E-state index contributed by atoms with van der Waals surface area (Å²) in [6.45, 7) is 4.15. The summed E-state index contributed by atoms with van der Waals surface area (Å²) in [4.78, 5) is 14.2. The summed E-state index contributed by atoms with van der Waals surface area (Å²) in [5, 5.41) is 0. The second kappa shape index (κ2) is 4.23. The van der Waals surface area contributed by atoms with Gasteiger partial charge in [0.05, 0.1) is 11.5 Å². The summed E-state index contributed by atoms with van der Waals surface area (Å²) >= 11 is 0. The minimum absolute atomic E-state index is 0.00936. The van der Waals surface area contributed by atoms with Crippen molar-refractivity contribution in [3.05, 3.63) is 66.2 Å². The zero-order valence-electron chi connectivity index (χ0n) is 11.2. The standard InChI is InChI=1S/C17H17NO/c1-13-16(19)18(15-11-7-4-8-12-15)17(13,2)14-9-5-3-6-10-14/h3-13H,1-2H3. The number of hydrogen-bond donors (Lipinski definition) is 0. The lowest BCUT2D eigenvalue weighted by molar-refractivity contribution is -0.133. The molecule has 2 aromatic carbocycles. The quantitative estimate of drug-likeness (QED) is 0.747. The van der Waals surface area contributed by atoms with Crippen LogP contribution in [0.15, 0.2) is 60.7 Å². The Hall–Kier alpha value is -2.09. The van der Waals surface area contributed by atoms with Crippen molar-refractivity contribution >= 4 is 11.6 Å². The Kier molecular flexibility index (Phi) is 2.67. The number of carbonyl (C=O) groups excluding carboxylic acids is 1. The lowest BCUT2D eigenvalue weighted by atomic mass is 9.70. The summed E-state index contributed by atoms with van der Waals surface area (Å²) in [6.07, 6.45) is 0. The zero-order valence-corrected chi connectivity index (χ0v) is 11.2. The second-order valence-corrected chi connectivity index (χ2v) is 5.24. The number of hydrogen-bond acceptors (Lipinski definition) is 1. The van der Waals surface area contributed by atoms with E-state index < -0.39 is 0 Å². The van der Waals surface area contributed by atoms with Crippen molar-refractivity contribution < 1.29 is 4.79 Å². The van der Waals surface area contributed by atoms with Crippen LogP contribution >= 0.6 is 0 Å². The maximum absolute atomic E-state index is 12.3. The van der Waals surface area contributed by atoms with Gasteiger partial charge >= 0.3 is 0 Å². The van der Waals surface area contributed by atoms with Crippen LogP contribution in [0.5, 0.6) is 0 Å². The third-order valence-electron chi connectivity index (χ3n) is 4.27. The maximum atomic E-state index is 12.3. The van der Waals surface area contributed by atoms with E-state index in [1.165, 1.54) is 5.56 Å². The van der Waals surface area contributed by atoms with Gasteiger partial charge in [0.2, 0.25) is 5.91 Å². The highest BCUT2D eigenvalue weighted by atomic mass is 16.2. The molecule has 3 rings (SSSR count). The number of benzene rings is 2. The minimum atomic E-state index is -0.250. The number of anilines is 1. The van der Waals surface area contributed by atoms with E-state index in [-0.39, 0.29) is 17.4 Å². The van der Waals surface area contributed by atoms with E-state index in [4.69, 9.17) is 0 Å². The molecule has 0 aromatic heterocycles. The molecule has 0 saturated carbocycles. The van der Waals surface area contributed by atoms with Crippen LogP contribution in [0.4, 0.5) is 5.69 Å². The average molecular weight is 251 g/mol. The van der Waals surface area contributed by atoms with Crippen LogP contribution < -0.4 is 4.90 Å². The summed E-state index contributed by atoms with van der Waals surface area (Å²) in [5.74, 6) is 0.202. The number of nitrogens with zero attached hydrogens (tertiary/aromatic N) is 1. The van der Waals surface area contributed by atoms with Gasteiger partial charge in [-0.1, -0.05) is 55.5 Å². The molecule has 19 heavy (non-hydrogen) atoms. The lowest BCUT2D eigenvalue weighted by Crippen LogP contribution is -2.66. The van der Waals surface area contributed by atoms with E-state index >= 15 is 0 Å². The van der Waals surface area contributed by atoms with Crippen LogP contribution in [0, 0.1) is 5.92 Å². The van der Waals surface area contributed by atoms with Crippen molar-refractivity contribution in [3.63, 3.8) is 0 Å². The molecule has 1 aliphatic rings. The van der Waals surface area contributed by atoms with Crippen molar-refractivity contribution in [3.8, 4) is 0 Å². The van der Waals surface area contributed by atoms with Crippen molar-refractivity contribution in [1.82, 2.24) is 0 Å². The fourth-order valence-corrected chi connectivity index (χ4v) is 2.92. The van der Waals surface area contributed by atoms with Crippen molar-refractivity contribution in [2.75, 3.05) is 4.90 Å². The molecule has 0 N–H and O–H groups in total. The zero-order chi connectivity index (χ0) is 13.5. The van der Waals surface area contributed by atoms with Gasteiger partial charge in [0.15, 0.2) is 0 Å². The van der Waals surface area contributed by atoms with Crippen LogP contribution in [0.3, 0.4) is 0 Å². The Morgan fingerprint density at radius 2 is 1.47 bits per heavy atom. The molecule has 96 valence electrons. The van der Waals surface area contributed by atoms with Gasteiger partial charge in [0, 0.05) is 5.69 Å². The highest BCUT2D eigenvalue weighted by Gasteiger charge is 2.55. The van der Waals surface area contributed by atoms with Gasteiger partial charge in [-0.15, -0.1) is 0 Å². The molecule has 0 aliphatic carbocycles. The van der Waals surface area contributed by atoms with Crippen molar-refractivity contribution in [2.24, 2.45) is 5.92 Å². The van der Waals surface area contributed by atoms with Crippen LogP contribution in [0.1, 0.15) is 19.4 Å². The lowest BCUT2D eigenvalue weighted by Gasteiger charge is -2.55. The molecule has 0 spiro atoms. The van der Waals surface area contributed by atoms with E-state index in [2.05, 4.69) is 19.1 Å². The predicted octanol–water partition coefficient (Wildman–Crippen LogP) is 3.58. The molecule has 2 atom stereocenters. The van der Waals surface area contributed by atoms with Gasteiger partial charge < -0.3 is 4.90 Å². The number of carbonyl (C=O) groups is 1. The smallest absolute Gasteiger partial charge is 0.233 e. The summed E-state index contributed by atoms with van der Waals surface area (Å²) in [6, 6.07) is 20.1. The van der Waals surface area contributed by atoms with Crippen LogP contribution in [0.2, 0.25) is 0 Å². The molecule has 1 heterocycles. The Morgan fingerprint density at radius 3 is 2.05 bits per heavy atom. The molecular weight excluding hydrogens is 234 g/mol. The van der Waals surface area contributed by atoms with Crippen LogP contribution in [0.25, 0.3) is 0 Å². The first kappa shape index (κ1) is 12.0. The highest BCUT2D eigenvalue weighted by Crippen LogP contribution is 2.48. The molecule has 0 bridgehead atoms. The molecule has 2 heteroatoms. The van der Waals surface area contributed by atoms with Gasteiger partial charge in [0.25, 0.3) is 0 Å². The monoisotopic (exact) mass is 251 g/mol. The summed E-state index contributed by atoms with van der Waals surface area (Å²) in [7, 11) is 0. The Labute approximate surface area is 113 Å². The van der Waals surface area contributed by atoms with E-state index in [0.717, 1.165) is 5.69 Å². The van der Waals surface area contributed by atoms with Gasteiger partial charge in [-0.05, 0) is 24.6 Å². The molecule has 2 unspecified atom stereocenters. The minimum Gasteiger partial charge on any atom is -0.301 e. The normalized spacial score (nSPS) is 26.1. The highest BCUT2D eigenvalue weighted by molar-refractivity contribution is 6.04. The SMILES string of the molecule is CC1C(=O)N(c2ccccc2)C1(C)c1ccccc1. The third-order valence-corrected chi connectivity index (χ3v) is 4.27. The second-order valence-electron chi connectivity index (χ2n) is 5.24. The average Bonchev–Trinajstić information content (AvgIpc) is 2.48. The van der Waals surface area contributed by atoms with Gasteiger partial charge in [-0.3, -0.25) is 4.79 Å². The van der Waals surface area contributed by atoms with Crippen LogP contribution in [-0.4, -0.2) is 5.91 Å². The number of rotatable bonds is 2. The molecule has 1 aliphatic heterocycles. The Morgan fingerprint density at radius 1 is 0.947 bits per heavy atom. The van der Waals surface area contributed by atoms with Gasteiger partial charge in [-0.2, -0.15) is 0 Å². The molecule has 1 saturated heterocycles. The molecule has 1 fully saturated rings. The van der Waals surface area contributed by atoms with E-state index in [9.17, 15) is 4.79 Å². The van der Waals surface area contributed by atoms with E-state index in [0.29, 0.717) is 0 Å². The molecule has 2 nitrogen and oxygen atoms in total. The summed E-state index contributed by atoms with van der Waals surface area (Å²) < 4.78 is 0. The number of amides is 1. The molecule has 2 aromatic rings. The number of para-hydroxylation sites is 1. The van der Waals surface area contributed by atoms with Crippen LogP contribution in [-0.2, 0) is 10.3 Å². The van der Waals surface area contributed by atoms with Gasteiger partial charge in [-0.25, -0.2) is 0 Å². The third kappa shape index (κ3) is 1.60. The molecule has 1 amide bonds. The largest absolute Gasteiger partial charge is 0.301 e. The Balaban J connectivity index is 2.07. The van der Waals surface area contributed by atoms with Crippen molar-refractivity contribution in [2.45, 2.75) is 19.4 Å². The number of β-lactam (4-membered cyclic amide) rings is 1. The first-order valence-electron chi connectivity index (χ1n) is 6.60. The fraction of sp³-hybridized carbons (Fsp3) is 0.235. The molecular formula is C17H17NO. The topological polar surface area (TPSA) is 20.3 Å². The van der Waals surface area contributed by atoms with Gasteiger partial charge in [0.1, 0.15) is 0 Å². The summed E-state index contributed by atoms with van der Waals surface area (Å²) in [5.41, 5.74) is 1.91. The Bertz CT molecular complexity index is 593. The fourth-order valence-electron chi connectivity index (χ4n) is 2.92. The van der Waals surface area contributed by atoms with Crippen molar-refractivity contribution in [1.29, 1.82) is 0 Å². The maximum Gasteiger partial charge on any atom is 0.233 e. The predicted molar refractivity (Wildman–Crippen MR) is 76.9 cm³/mol. The first-order valence-corrected chi connectivity index (χ1v) is 6.60. The molecule has 0 radical (unpaired) electrons. The first-order chi connectivity index (χ1) is 9.15.